The number of amides is 1. The summed E-state index contributed by atoms with van der Waals surface area (Å²) in [5.41, 5.74) is 2.53. The van der Waals surface area contributed by atoms with Crippen LogP contribution < -0.4 is 0 Å². The molecule has 1 heterocycles. The van der Waals surface area contributed by atoms with Gasteiger partial charge in [0, 0.05) is 7.05 Å². The number of rotatable bonds is 2. The molecule has 1 aromatic carbocycles. The van der Waals surface area contributed by atoms with Crippen molar-refractivity contribution in [2.75, 3.05) is 7.05 Å². The maximum atomic E-state index is 12.1. The number of hydrogen-bond donors (Lipinski definition) is 1. The van der Waals surface area contributed by atoms with Gasteiger partial charge in [0.15, 0.2) is 0 Å². The van der Waals surface area contributed by atoms with Gasteiger partial charge in [0.25, 0.3) is 11.7 Å². The molecule has 3 rings (SSSR count). The predicted molar refractivity (Wildman–Crippen MR) is 63.8 cm³/mol. The van der Waals surface area contributed by atoms with Crippen LogP contribution in [0.4, 0.5) is 0 Å². The molecule has 0 fully saturated rings. The highest BCUT2D eigenvalue weighted by molar-refractivity contribution is 5.90. The number of aryl methyl sites for hydroxylation is 1. The summed E-state index contributed by atoms with van der Waals surface area (Å²) in [6, 6.07) is 8.33. The van der Waals surface area contributed by atoms with E-state index in [1.54, 1.807) is 11.9 Å². The summed E-state index contributed by atoms with van der Waals surface area (Å²) in [6.45, 7) is 0. The average molecular weight is 243 g/mol. The van der Waals surface area contributed by atoms with Gasteiger partial charge in [-0.2, -0.15) is 5.21 Å². The monoisotopic (exact) mass is 243 g/mol. The minimum atomic E-state index is -0.203. The summed E-state index contributed by atoms with van der Waals surface area (Å²) >= 11 is 0. The van der Waals surface area contributed by atoms with Crippen LogP contribution in [0.1, 0.15) is 34.2 Å². The Balaban J connectivity index is 1.87. The SMILES string of the molecule is CN(C(=O)c1nn[nH]n1)C1CCc2ccccc21. The molecule has 0 saturated heterocycles. The molecule has 6 heteroatoms. The van der Waals surface area contributed by atoms with E-state index in [2.05, 4.69) is 32.8 Å². The summed E-state index contributed by atoms with van der Waals surface area (Å²) in [7, 11) is 1.78. The third kappa shape index (κ3) is 1.66. The van der Waals surface area contributed by atoms with Gasteiger partial charge < -0.3 is 4.90 Å². The number of hydrogen-bond acceptors (Lipinski definition) is 4. The molecule has 92 valence electrons. The Labute approximate surface area is 104 Å². The largest absolute Gasteiger partial charge is 0.332 e. The normalized spacial score (nSPS) is 17.5. The van der Waals surface area contributed by atoms with Crippen molar-refractivity contribution in [2.45, 2.75) is 18.9 Å². The first kappa shape index (κ1) is 10.9. The van der Waals surface area contributed by atoms with Gasteiger partial charge in [-0.3, -0.25) is 4.79 Å². The zero-order chi connectivity index (χ0) is 12.5. The quantitative estimate of drug-likeness (QED) is 0.852. The second-order valence-corrected chi connectivity index (χ2v) is 4.40. The summed E-state index contributed by atoms with van der Waals surface area (Å²) in [6.07, 6.45) is 1.95. The lowest BCUT2D eigenvalue weighted by atomic mass is 10.1. The number of aromatic nitrogens is 4. The van der Waals surface area contributed by atoms with E-state index in [0.717, 1.165) is 12.8 Å². The second-order valence-electron chi connectivity index (χ2n) is 4.40. The van der Waals surface area contributed by atoms with Crippen molar-refractivity contribution in [3.8, 4) is 0 Å². The van der Waals surface area contributed by atoms with Crippen LogP contribution in [0.5, 0.6) is 0 Å². The van der Waals surface area contributed by atoms with Crippen molar-refractivity contribution in [1.29, 1.82) is 0 Å². The van der Waals surface area contributed by atoms with Crippen LogP contribution in [0, 0.1) is 0 Å². The molecule has 0 bridgehead atoms. The maximum absolute atomic E-state index is 12.1. The average Bonchev–Trinajstić information content (AvgIpc) is 3.06. The fraction of sp³-hybridized carbons (Fsp3) is 0.333. The van der Waals surface area contributed by atoms with E-state index in [4.69, 9.17) is 0 Å². The van der Waals surface area contributed by atoms with E-state index in [1.165, 1.54) is 11.1 Å². The predicted octanol–water partition coefficient (Wildman–Crippen LogP) is 0.959. The van der Waals surface area contributed by atoms with E-state index in [-0.39, 0.29) is 17.8 Å². The Morgan fingerprint density at radius 3 is 3.06 bits per heavy atom. The molecular formula is C12H13N5O. The third-order valence-corrected chi connectivity index (χ3v) is 3.43. The number of carbonyl (C=O) groups excluding carboxylic acids is 1. The molecule has 1 atom stereocenters. The summed E-state index contributed by atoms with van der Waals surface area (Å²) in [5.74, 6) is -0.0904. The van der Waals surface area contributed by atoms with E-state index < -0.39 is 0 Å². The van der Waals surface area contributed by atoms with Gasteiger partial charge in [-0.15, -0.1) is 10.2 Å². The van der Waals surface area contributed by atoms with Crippen molar-refractivity contribution >= 4 is 5.91 Å². The molecular weight excluding hydrogens is 230 g/mol. The lowest BCUT2D eigenvalue weighted by molar-refractivity contribution is 0.0718. The van der Waals surface area contributed by atoms with Gasteiger partial charge in [-0.1, -0.05) is 24.3 Å². The topological polar surface area (TPSA) is 74.8 Å². The number of tetrazole rings is 1. The van der Waals surface area contributed by atoms with Gasteiger partial charge in [0.2, 0.25) is 0 Å². The number of carbonyl (C=O) groups is 1. The molecule has 0 saturated carbocycles. The number of aromatic amines is 1. The molecule has 18 heavy (non-hydrogen) atoms. The summed E-state index contributed by atoms with van der Waals surface area (Å²) < 4.78 is 0. The van der Waals surface area contributed by atoms with Crippen molar-refractivity contribution in [1.82, 2.24) is 25.5 Å². The number of benzene rings is 1. The van der Waals surface area contributed by atoms with Crippen molar-refractivity contribution in [3.05, 3.63) is 41.2 Å². The molecule has 1 N–H and O–H groups in total. The van der Waals surface area contributed by atoms with Gasteiger partial charge in [-0.05, 0) is 29.2 Å². The van der Waals surface area contributed by atoms with Gasteiger partial charge in [-0.25, -0.2) is 0 Å². The van der Waals surface area contributed by atoms with Crippen LogP contribution in [-0.4, -0.2) is 38.5 Å². The van der Waals surface area contributed by atoms with Crippen LogP contribution >= 0.6 is 0 Å². The number of nitrogens with zero attached hydrogens (tertiary/aromatic N) is 4. The Morgan fingerprint density at radius 1 is 1.44 bits per heavy atom. The molecule has 1 aromatic heterocycles. The Morgan fingerprint density at radius 2 is 2.28 bits per heavy atom. The molecule has 1 aliphatic rings. The lowest BCUT2D eigenvalue weighted by Crippen LogP contribution is -2.31. The molecule has 0 spiro atoms. The van der Waals surface area contributed by atoms with E-state index >= 15 is 0 Å². The summed E-state index contributed by atoms with van der Waals surface area (Å²) in [5, 5.41) is 13.2. The zero-order valence-electron chi connectivity index (χ0n) is 10.00. The van der Waals surface area contributed by atoms with Crippen molar-refractivity contribution in [2.24, 2.45) is 0 Å². The third-order valence-electron chi connectivity index (χ3n) is 3.43. The lowest BCUT2D eigenvalue weighted by Gasteiger charge is -2.24. The molecule has 0 radical (unpaired) electrons. The molecule has 1 amide bonds. The fourth-order valence-corrected chi connectivity index (χ4v) is 2.49. The zero-order valence-corrected chi connectivity index (χ0v) is 10.00. The Bertz CT molecular complexity index is 566. The molecule has 0 aliphatic heterocycles. The highest BCUT2D eigenvalue weighted by Gasteiger charge is 2.30. The molecule has 2 aromatic rings. The maximum Gasteiger partial charge on any atom is 0.295 e. The Hall–Kier alpha value is -2.24. The highest BCUT2D eigenvalue weighted by Crippen LogP contribution is 2.35. The molecule has 1 unspecified atom stereocenters. The standard InChI is InChI=1S/C12H13N5O/c1-17(12(18)11-13-15-16-14-11)10-7-6-8-4-2-3-5-9(8)10/h2-5,10H,6-7H2,1H3,(H,13,14,15,16). The van der Waals surface area contributed by atoms with Crippen LogP contribution in [0.25, 0.3) is 0 Å². The smallest absolute Gasteiger partial charge is 0.295 e. The second kappa shape index (κ2) is 4.21. The fourth-order valence-electron chi connectivity index (χ4n) is 2.49. The van der Waals surface area contributed by atoms with Gasteiger partial charge in [0.1, 0.15) is 0 Å². The Kier molecular flexibility index (Phi) is 2.55. The van der Waals surface area contributed by atoms with Crippen molar-refractivity contribution < 1.29 is 4.79 Å². The molecule has 1 aliphatic carbocycles. The van der Waals surface area contributed by atoms with Crippen LogP contribution in [0.2, 0.25) is 0 Å². The summed E-state index contributed by atoms with van der Waals surface area (Å²) in [4.78, 5) is 13.8. The highest BCUT2D eigenvalue weighted by atomic mass is 16.2. The van der Waals surface area contributed by atoms with E-state index in [0.29, 0.717) is 0 Å². The number of nitrogens with one attached hydrogen (secondary N) is 1. The first-order valence-electron chi connectivity index (χ1n) is 5.86. The number of fused-ring (bicyclic) bond motifs is 1. The van der Waals surface area contributed by atoms with Crippen LogP contribution in [0.3, 0.4) is 0 Å². The van der Waals surface area contributed by atoms with Crippen LogP contribution in [0.15, 0.2) is 24.3 Å². The van der Waals surface area contributed by atoms with Crippen LogP contribution in [-0.2, 0) is 6.42 Å². The van der Waals surface area contributed by atoms with Crippen molar-refractivity contribution in [3.63, 3.8) is 0 Å². The minimum Gasteiger partial charge on any atom is -0.332 e. The van der Waals surface area contributed by atoms with Gasteiger partial charge in [0.05, 0.1) is 6.04 Å². The van der Waals surface area contributed by atoms with E-state index in [9.17, 15) is 4.79 Å². The minimum absolute atomic E-state index is 0.104. The molecule has 6 nitrogen and oxygen atoms in total. The first-order chi connectivity index (χ1) is 8.77. The number of H-pyrrole nitrogens is 1. The van der Waals surface area contributed by atoms with E-state index in [1.807, 2.05) is 12.1 Å². The van der Waals surface area contributed by atoms with Gasteiger partial charge >= 0.3 is 0 Å². The first-order valence-corrected chi connectivity index (χ1v) is 5.86.